The number of aliphatic hydroxyl groups is 1. The van der Waals surface area contributed by atoms with Gasteiger partial charge in [0.25, 0.3) is 11.6 Å². The molecule has 0 aromatic carbocycles. The number of nitro groups is 1. The second-order valence-electron chi connectivity index (χ2n) is 4.82. The number of amides is 1. The minimum absolute atomic E-state index is 0.0445. The second kappa shape index (κ2) is 5.83. The first-order valence-corrected chi connectivity index (χ1v) is 6.38. The van der Waals surface area contributed by atoms with Gasteiger partial charge in [0.2, 0.25) is 0 Å². The molecule has 0 saturated heterocycles. The van der Waals surface area contributed by atoms with Crippen LogP contribution in [-0.2, 0) is 0 Å². The third-order valence-electron chi connectivity index (χ3n) is 3.41. The summed E-state index contributed by atoms with van der Waals surface area (Å²) in [6.07, 6.45) is 3.56. The van der Waals surface area contributed by atoms with Crippen molar-refractivity contribution in [3.8, 4) is 0 Å². The Morgan fingerprint density at radius 3 is 2.85 bits per heavy atom. The van der Waals surface area contributed by atoms with Crippen LogP contribution in [0, 0.1) is 10.1 Å². The van der Waals surface area contributed by atoms with E-state index < -0.39 is 16.9 Å². The minimum atomic E-state index is -0.640. The number of carbonyl (C=O) groups excluding carboxylic acids is 1. The van der Waals surface area contributed by atoms with Crippen molar-refractivity contribution in [3.05, 3.63) is 27.9 Å². The average molecular weight is 280 g/mol. The van der Waals surface area contributed by atoms with E-state index in [0.29, 0.717) is 12.8 Å². The molecular weight excluding hydrogens is 264 g/mol. The Bertz CT molecular complexity index is 534. The Balaban J connectivity index is 2.16. The number of carbonyl (C=O) groups is 1. The van der Waals surface area contributed by atoms with Gasteiger partial charge in [0, 0.05) is 6.07 Å². The Morgan fingerprint density at radius 2 is 2.20 bits per heavy atom. The van der Waals surface area contributed by atoms with Crippen LogP contribution in [0.3, 0.4) is 0 Å². The molecule has 1 fully saturated rings. The number of nitrogens with zero attached hydrogens (tertiary/aromatic N) is 2. The summed E-state index contributed by atoms with van der Waals surface area (Å²) in [7, 11) is 0. The third-order valence-corrected chi connectivity index (χ3v) is 3.41. The summed E-state index contributed by atoms with van der Waals surface area (Å²) in [6, 6.07) is 0.738. The SMILES string of the molecule is Nc1ncc([N+](=O)[O-])cc1C(=O)NC1CCCCC1O. The number of anilines is 1. The lowest BCUT2D eigenvalue weighted by atomic mass is 9.92. The highest BCUT2D eigenvalue weighted by atomic mass is 16.6. The van der Waals surface area contributed by atoms with Gasteiger partial charge in [-0.3, -0.25) is 14.9 Å². The molecule has 2 unspecified atom stereocenters. The molecule has 2 atom stereocenters. The predicted molar refractivity (Wildman–Crippen MR) is 71.0 cm³/mol. The molecule has 108 valence electrons. The molecule has 8 nitrogen and oxygen atoms in total. The number of aliphatic hydroxyl groups excluding tert-OH is 1. The summed E-state index contributed by atoms with van der Waals surface area (Å²) in [5.41, 5.74) is 5.23. The Kier molecular flexibility index (Phi) is 4.14. The van der Waals surface area contributed by atoms with E-state index in [1.165, 1.54) is 0 Å². The minimum Gasteiger partial charge on any atom is -0.391 e. The lowest BCUT2D eigenvalue weighted by molar-refractivity contribution is -0.385. The number of hydrogen-bond acceptors (Lipinski definition) is 6. The van der Waals surface area contributed by atoms with Gasteiger partial charge in [0.15, 0.2) is 0 Å². The number of nitrogen functional groups attached to an aromatic ring is 1. The van der Waals surface area contributed by atoms with Crippen molar-refractivity contribution < 1.29 is 14.8 Å². The van der Waals surface area contributed by atoms with Crippen LogP contribution in [0.5, 0.6) is 0 Å². The molecule has 0 bridgehead atoms. The van der Waals surface area contributed by atoms with Crippen molar-refractivity contribution in [2.24, 2.45) is 0 Å². The van der Waals surface area contributed by atoms with Crippen molar-refractivity contribution in [3.63, 3.8) is 0 Å². The topological polar surface area (TPSA) is 131 Å². The summed E-state index contributed by atoms with van der Waals surface area (Å²) in [6.45, 7) is 0. The monoisotopic (exact) mass is 280 g/mol. The van der Waals surface area contributed by atoms with Crippen LogP contribution < -0.4 is 11.1 Å². The van der Waals surface area contributed by atoms with E-state index in [4.69, 9.17) is 5.73 Å². The zero-order valence-corrected chi connectivity index (χ0v) is 10.8. The Hall–Kier alpha value is -2.22. The fraction of sp³-hybridized carbons (Fsp3) is 0.500. The first kappa shape index (κ1) is 14.2. The van der Waals surface area contributed by atoms with Crippen LogP contribution in [0.15, 0.2) is 12.3 Å². The molecule has 4 N–H and O–H groups in total. The van der Waals surface area contributed by atoms with Gasteiger partial charge in [-0.25, -0.2) is 4.98 Å². The van der Waals surface area contributed by atoms with Crippen molar-refractivity contribution in [1.29, 1.82) is 0 Å². The second-order valence-corrected chi connectivity index (χ2v) is 4.82. The van der Waals surface area contributed by atoms with Gasteiger partial charge in [0.05, 0.1) is 22.6 Å². The normalized spacial score (nSPS) is 22.2. The molecule has 1 aliphatic rings. The summed E-state index contributed by atoms with van der Waals surface area (Å²) >= 11 is 0. The standard InChI is InChI=1S/C12H16N4O4/c13-11-8(5-7(6-14-11)16(19)20)12(18)15-9-3-1-2-4-10(9)17/h5-6,9-10,17H,1-4H2,(H2,13,14)(H,15,18). The summed E-state index contributed by atoms with van der Waals surface area (Å²) in [5.74, 6) is -0.622. The highest BCUT2D eigenvalue weighted by molar-refractivity contribution is 5.99. The van der Waals surface area contributed by atoms with Crippen molar-refractivity contribution in [2.75, 3.05) is 5.73 Å². The molecule has 0 spiro atoms. The van der Waals surface area contributed by atoms with E-state index in [-0.39, 0.29) is 23.1 Å². The summed E-state index contributed by atoms with van der Waals surface area (Å²) < 4.78 is 0. The zero-order chi connectivity index (χ0) is 14.7. The number of hydrogen-bond donors (Lipinski definition) is 3. The number of nitrogens with one attached hydrogen (secondary N) is 1. The lowest BCUT2D eigenvalue weighted by Crippen LogP contribution is -2.45. The van der Waals surface area contributed by atoms with Gasteiger partial charge in [-0.15, -0.1) is 0 Å². The molecule has 1 saturated carbocycles. The molecule has 1 heterocycles. The fourth-order valence-corrected chi connectivity index (χ4v) is 2.27. The number of aromatic nitrogens is 1. The first-order chi connectivity index (χ1) is 9.49. The van der Waals surface area contributed by atoms with E-state index in [1.807, 2.05) is 0 Å². The molecule has 20 heavy (non-hydrogen) atoms. The predicted octanol–water partition coefficient (Wildman–Crippen LogP) is 0.605. The molecule has 2 rings (SSSR count). The van der Waals surface area contributed by atoms with E-state index in [0.717, 1.165) is 25.1 Å². The van der Waals surface area contributed by atoms with Gasteiger partial charge in [-0.05, 0) is 12.8 Å². The summed E-state index contributed by atoms with van der Waals surface area (Å²) in [4.78, 5) is 25.8. The Morgan fingerprint density at radius 1 is 1.50 bits per heavy atom. The van der Waals surface area contributed by atoms with E-state index in [1.54, 1.807) is 0 Å². The van der Waals surface area contributed by atoms with E-state index >= 15 is 0 Å². The average Bonchev–Trinajstić information content (AvgIpc) is 2.41. The van der Waals surface area contributed by atoms with Gasteiger partial charge >= 0.3 is 0 Å². The first-order valence-electron chi connectivity index (χ1n) is 6.38. The fourth-order valence-electron chi connectivity index (χ4n) is 2.27. The van der Waals surface area contributed by atoms with Crippen molar-refractivity contribution >= 4 is 17.4 Å². The van der Waals surface area contributed by atoms with Gasteiger partial charge < -0.3 is 16.2 Å². The van der Waals surface area contributed by atoms with Crippen LogP contribution in [0.1, 0.15) is 36.0 Å². The quantitative estimate of drug-likeness (QED) is 0.549. The lowest BCUT2D eigenvalue weighted by Gasteiger charge is -2.28. The van der Waals surface area contributed by atoms with Crippen LogP contribution >= 0.6 is 0 Å². The van der Waals surface area contributed by atoms with Gasteiger partial charge in [-0.2, -0.15) is 0 Å². The number of nitrogens with two attached hydrogens (primary N) is 1. The van der Waals surface area contributed by atoms with Crippen LogP contribution in [0.2, 0.25) is 0 Å². The molecule has 1 aliphatic carbocycles. The largest absolute Gasteiger partial charge is 0.391 e. The molecule has 8 heteroatoms. The van der Waals surface area contributed by atoms with Crippen LogP contribution in [0.4, 0.5) is 11.5 Å². The molecular formula is C12H16N4O4. The highest BCUT2D eigenvalue weighted by Crippen LogP contribution is 2.20. The highest BCUT2D eigenvalue weighted by Gasteiger charge is 2.26. The van der Waals surface area contributed by atoms with Crippen LogP contribution in [-0.4, -0.2) is 33.1 Å². The molecule has 1 aromatic heterocycles. The van der Waals surface area contributed by atoms with E-state index in [2.05, 4.69) is 10.3 Å². The number of rotatable bonds is 3. The smallest absolute Gasteiger partial charge is 0.288 e. The summed E-state index contributed by atoms with van der Waals surface area (Å²) in [5, 5.41) is 23.1. The van der Waals surface area contributed by atoms with E-state index in [9.17, 15) is 20.0 Å². The van der Waals surface area contributed by atoms with Crippen molar-refractivity contribution in [1.82, 2.24) is 10.3 Å². The molecule has 0 aliphatic heterocycles. The maximum Gasteiger partial charge on any atom is 0.288 e. The Labute approximate surface area is 115 Å². The molecule has 1 aromatic rings. The molecule has 1 amide bonds. The van der Waals surface area contributed by atoms with Gasteiger partial charge in [0.1, 0.15) is 12.0 Å². The van der Waals surface area contributed by atoms with Crippen molar-refractivity contribution in [2.45, 2.75) is 37.8 Å². The molecule has 0 radical (unpaired) electrons. The zero-order valence-electron chi connectivity index (χ0n) is 10.8. The maximum absolute atomic E-state index is 12.1. The number of pyridine rings is 1. The third kappa shape index (κ3) is 3.02. The maximum atomic E-state index is 12.1. The van der Waals surface area contributed by atoms with Gasteiger partial charge in [-0.1, -0.05) is 12.8 Å². The van der Waals surface area contributed by atoms with Crippen LogP contribution in [0.25, 0.3) is 0 Å².